The molecule has 0 spiro atoms. The van der Waals surface area contributed by atoms with Gasteiger partial charge in [0.2, 0.25) is 5.13 Å². The summed E-state index contributed by atoms with van der Waals surface area (Å²) in [6.07, 6.45) is 0.849. The Morgan fingerprint density at radius 3 is 2.54 bits per heavy atom. The molecule has 4 aromatic rings. The smallest absolute Gasteiger partial charge is 0.301 e. The monoisotopic (exact) mass is 691 g/mol. The van der Waals surface area contributed by atoms with E-state index in [-0.39, 0.29) is 27.8 Å². The number of Topliss-reactive ketones (excluding diaryl/α,β-unsaturated/α-hetero) is 1. The molecule has 6 rings (SSSR count). The summed E-state index contributed by atoms with van der Waals surface area (Å²) in [5.74, 6) is 0.423. The number of benzene rings is 3. The molecule has 3 aromatic carbocycles. The number of carbonyl (C=O) groups excluding carboxylic acids is 2. The van der Waals surface area contributed by atoms with Crippen molar-refractivity contribution in [1.29, 1.82) is 0 Å². The summed E-state index contributed by atoms with van der Waals surface area (Å²) in [6.45, 7) is 7.66. The van der Waals surface area contributed by atoms with Crippen molar-refractivity contribution >= 4 is 45.7 Å². The Labute approximate surface area is 285 Å². The average molecular weight is 692 g/mol. The zero-order valence-corrected chi connectivity index (χ0v) is 28.2. The standard InChI is InChI=1S/C35H34FN3O7S2/c1-4-43-27-17-22(7-11-25(27)44-14-13-20(2)3)30-29(31(40)23-8-12-26-28(18-23)46-16-15-45-26)32(41)33(42)39(30)34-37-38-35(48-34)47-19-21-5-9-24(36)10-6-21/h5-12,17-18,20,30,40H,4,13-16,19H2,1-3H3/t30-/m0/s1. The highest BCUT2D eigenvalue weighted by Gasteiger charge is 2.48. The highest BCUT2D eigenvalue weighted by molar-refractivity contribution is 8.00. The van der Waals surface area contributed by atoms with Crippen LogP contribution >= 0.6 is 23.1 Å². The molecule has 1 saturated heterocycles. The van der Waals surface area contributed by atoms with Gasteiger partial charge in [-0.2, -0.15) is 0 Å². The molecule has 2 aliphatic heterocycles. The van der Waals surface area contributed by atoms with E-state index in [0.717, 1.165) is 23.3 Å². The van der Waals surface area contributed by atoms with Crippen LogP contribution in [0.1, 0.15) is 49.9 Å². The number of aliphatic hydroxyl groups excluding tert-OH is 1. The summed E-state index contributed by atoms with van der Waals surface area (Å²) >= 11 is 2.51. The maximum absolute atomic E-state index is 13.8. The molecular weight excluding hydrogens is 658 g/mol. The normalized spacial score (nSPS) is 16.9. The number of hydrogen-bond acceptors (Lipinski definition) is 11. The molecule has 1 atom stereocenters. The highest BCUT2D eigenvalue weighted by atomic mass is 32.2. The number of ketones is 1. The van der Waals surface area contributed by atoms with Gasteiger partial charge in [-0.25, -0.2) is 4.39 Å². The molecule has 0 radical (unpaired) electrons. The minimum Gasteiger partial charge on any atom is -0.507 e. The van der Waals surface area contributed by atoms with E-state index in [1.165, 1.54) is 28.8 Å². The largest absolute Gasteiger partial charge is 0.507 e. The number of carbonyl (C=O) groups is 2. The third-order valence-corrected chi connectivity index (χ3v) is 9.80. The third kappa shape index (κ3) is 7.12. The van der Waals surface area contributed by atoms with Crippen LogP contribution in [0.4, 0.5) is 9.52 Å². The van der Waals surface area contributed by atoms with E-state index in [0.29, 0.717) is 71.0 Å². The number of aromatic nitrogens is 2. The predicted octanol–water partition coefficient (Wildman–Crippen LogP) is 7.19. The van der Waals surface area contributed by atoms with Gasteiger partial charge >= 0.3 is 5.91 Å². The van der Waals surface area contributed by atoms with Crippen LogP contribution in [0.5, 0.6) is 23.0 Å². The molecule has 3 heterocycles. The maximum atomic E-state index is 13.8. The van der Waals surface area contributed by atoms with Gasteiger partial charge in [0.15, 0.2) is 27.3 Å². The number of halogens is 1. The first-order valence-corrected chi connectivity index (χ1v) is 17.3. The van der Waals surface area contributed by atoms with Crippen LogP contribution in [0.3, 0.4) is 0 Å². The third-order valence-electron chi connectivity index (χ3n) is 7.67. The van der Waals surface area contributed by atoms with Crippen molar-refractivity contribution in [2.24, 2.45) is 5.92 Å². The first-order chi connectivity index (χ1) is 23.2. The SMILES string of the molecule is CCOc1cc([C@H]2C(=C(O)c3ccc4c(c3)OCCO4)C(=O)C(=O)N2c2nnc(SCc3ccc(F)cc3)s2)ccc1OCCC(C)C. The lowest BCUT2D eigenvalue weighted by molar-refractivity contribution is -0.132. The second-order valence-electron chi connectivity index (χ2n) is 11.5. The predicted molar refractivity (Wildman–Crippen MR) is 181 cm³/mol. The molecule has 10 nitrogen and oxygen atoms in total. The first kappa shape index (κ1) is 33.3. The second-order valence-corrected chi connectivity index (χ2v) is 13.6. The van der Waals surface area contributed by atoms with Crippen LogP contribution in [-0.2, 0) is 15.3 Å². The highest BCUT2D eigenvalue weighted by Crippen LogP contribution is 2.46. The Hall–Kier alpha value is -4.62. The molecule has 0 bridgehead atoms. The topological polar surface area (TPSA) is 120 Å². The molecule has 0 saturated carbocycles. The van der Waals surface area contributed by atoms with Crippen LogP contribution in [0.2, 0.25) is 0 Å². The van der Waals surface area contributed by atoms with Gasteiger partial charge < -0.3 is 24.1 Å². The van der Waals surface area contributed by atoms with Crippen molar-refractivity contribution in [3.63, 3.8) is 0 Å². The molecular formula is C35H34FN3O7S2. The number of fused-ring (bicyclic) bond motifs is 1. The lowest BCUT2D eigenvalue weighted by Crippen LogP contribution is -2.29. The van der Waals surface area contributed by atoms with E-state index in [9.17, 15) is 19.1 Å². The van der Waals surface area contributed by atoms with Crippen LogP contribution in [-0.4, -0.2) is 53.4 Å². The van der Waals surface area contributed by atoms with Crippen molar-refractivity contribution in [2.45, 2.75) is 43.3 Å². The van der Waals surface area contributed by atoms with E-state index < -0.39 is 17.7 Å². The molecule has 48 heavy (non-hydrogen) atoms. The van der Waals surface area contributed by atoms with Gasteiger partial charge in [0.05, 0.1) is 24.8 Å². The number of rotatable bonds is 12. The fourth-order valence-electron chi connectivity index (χ4n) is 5.26. The molecule has 250 valence electrons. The Kier molecular flexibility index (Phi) is 10.2. The zero-order chi connectivity index (χ0) is 33.8. The quantitative estimate of drug-likeness (QED) is 0.0537. The van der Waals surface area contributed by atoms with Gasteiger partial charge in [-0.05, 0) is 72.9 Å². The van der Waals surface area contributed by atoms with E-state index in [1.54, 1.807) is 48.5 Å². The van der Waals surface area contributed by atoms with Crippen LogP contribution < -0.4 is 23.8 Å². The number of thioether (sulfide) groups is 1. The number of ether oxygens (including phenoxy) is 4. The summed E-state index contributed by atoms with van der Waals surface area (Å²) in [6, 6.07) is 15.2. The maximum Gasteiger partial charge on any atom is 0.301 e. The average Bonchev–Trinajstić information content (AvgIpc) is 3.66. The Bertz CT molecular complexity index is 1840. The summed E-state index contributed by atoms with van der Waals surface area (Å²) in [4.78, 5) is 28.9. The summed E-state index contributed by atoms with van der Waals surface area (Å²) < 4.78 is 37.2. The molecule has 1 amide bonds. The first-order valence-electron chi connectivity index (χ1n) is 15.5. The minimum absolute atomic E-state index is 0.122. The molecule has 1 fully saturated rings. The molecule has 2 aliphatic rings. The van der Waals surface area contributed by atoms with Crippen LogP contribution in [0.25, 0.3) is 5.76 Å². The van der Waals surface area contributed by atoms with E-state index >= 15 is 0 Å². The Balaban J connectivity index is 1.40. The molecule has 0 aliphatic carbocycles. The molecule has 1 N–H and O–H groups in total. The van der Waals surface area contributed by atoms with Gasteiger partial charge in [0.25, 0.3) is 5.78 Å². The van der Waals surface area contributed by atoms with Crippen LogP contribution in [0.15, 0.2) is 70.6 Å². The lowest BCUT2D eigenvalue weighted by Gasteiger charge is -2.24. The van der Waals surface area contributed by atoms with Crippen LogP contribution in [0, 0.1) is 11.7 Å². The fourth-order valence-corrected chi connectivity index (χ4v) is 7.09. The van der Waals surface area contributed by atoms with Gasteiger partial charge in [-0.15, -0.1) is 10.2 Å². The van der Waals surface area contributed by atoms with Gasteiger partial charge in [0, 0.05) is 11.3 Å². The number of anilines is 1. The van der Waals surface area contributed by atoms with Gasteiger partial charge in [0.1, 0.15) is 24.8 Å². The zero-order valence-electron chi connectivity index (χ0n) is 26.6. The Morgan fingerprint density at radius 1 is 1.02 bits per heavy atom. The van der Waals surface area contributed by atoms with Crippen molar-refractivity contribution in [1.82, 2.24) is 10.2 Å². The molecule has 0 unspecified atom stereocenters. The summed E-state index contributed by atoms with van der Waals surface area (Å²) in [5.41, 5.74) is 1.55. The van der Waals surface area contributed by atoms with E-state index in [4.69, 9.17) is 18.9 Å². The summed E-state index contributed by atoms with van der Waals surface area (Å²) in [7, 11) is 0. The second kappa shape index (κ2) is 14.7. The number of hydrogen-bond donors (Lipinski definition) is 1. The Morgan fingerprint density at radius 2 is 1.79 bits per heavy atom. The fraction of sp³-hybridized carbons (Fsp3) is 0.314. The van der Waals surface area contributed by atoms with Crippen molar-refractivity contribution in [2.75, 3.05) is 31.3 Å². The number of amides is 1. The van der Waals surface area contributed by atoms with E-state index in [2.05, 4.69) is 24.0 Å². The lowest BCUT2D eigenvalue weighted by atomic mass is 9.95. The summed E-state index contributed by atoms with van der Waals surface area (Å²) in [5, 5.41) is 20.4. The minimum atomic E-state index is -1.06. The molecule has 13 heteroatoms. The molecule has 1 aromatic heterocycles. The van der Waals surface area contributed by atoms with Crippen molar-refractivity contribution in [3.8, 4) is 23.0 Å². The van der Waals surface area contributed by atoms with Crippen molar-refractivity contribution in [3.05, 3.63) is 88.7 Å². The van der Waals surface area contributed by atoms with Gasteiger partial charge in [-0.3, -0.25) is 14.5 Å². The van der Waals surface area contributed by atoms with E-state index in [1.807, 2.05) is 6.92 Å². The number of nitrogens with zero attached hydrogens (tertiary/aromatic N) is 3. The van der Waals surface area contributed by atoms with Crippen molar-refractivity contribution < 1.29 is 38.0 Å². The number of aliphatic hydroxyl groups is 1. The van der Waals surface area contributed by atoms with Gasteiger partial charge in [-0.1, -0.05) is 55.1 Å².